The lowest BCUT2D eigenvalue weighted by Gasteiger charge is -2.26. The second kappa shape index (κ2) is 6.49. The molecule has 0 aliphatic heterocycles. The lowest BCUT2D eigenvalue weighted by Crippen LogP contribution is -2.35. The van der Waals surface area contributed by atoms with E-state index in [2.05, 4.69) is 5.32 Å². The van der Waals surface area contributed by atoms with Crippen LogP contribution in [0.5, 0.6) is 0 Å². The van der Waals surface area contributed by atoms with Crippen molar-refractivity contribution in [3.05, 3.63) is 24.3 Å². The van der Waals surface area contributed by atoms with Crippen LogP contribution < -0.4 is 5.32 Å². The summed E-state index contributed by atoms with van der Waals surface area (Å²) in [4.78, 5) is -0.417. The van der Waals surface area contributed by atoms with Crippen molar-refractivity contribution < 1.29 is 22.3 Å². The first kappa shape index (κ1) is 16.8. The highest BCUT2D eigenvalue weighted by molar-refractivity contribution is 7.91. The van der Waals surface area contributed by atoms with Crippen LogP contribution >= 0.6 is 0 Å². The molecule has 7 heteroatoms. The smallest absolute Gasteiger partial charge is 0.341 e. The summed E-state index contributed by atoms with van der Waals surface area (Å²) in [5.74, 6) is -3.42. The number of nitrogens with one attached hydrogen (secondary N) is 1. The van der Waals surface area contributed by atoms with E-state index in [1.54, 1.807) is 0 Å². The molecular formula is C13H19F2NO3S. The van der Waals surface area contributed by atoms with Crippen LogP contribution in [0.4, 0.5) is 14.5 Å². The summed E-state index contributed by atoms with van der Waals surface area (Å²) in [6, 6.07) is 5.06. The molecule has 0 spiro atoms. The number of aliphatic hydroxyl groups is 1. The Bertz CT molecular complexity index is 525. The van der Waals surface area contributed by atoms with Crippen molar-refractivity contribution in [2.24, 2.45) is 0 Å². The van der Waals surface area contributed by atoms with Gasteiger partial charge in [-0.3, -0.25) is 0 Å². The third-order valence-electron chi connectivity index (χ3n) is 3.36. The fourth-order valence-corrected chi connectivity index (χ4v) is 2.35. The van der Waals surface area contributed by atoms with Crippen molar-refractivity contribution in [1.29, 1.82) is 0 Å². The lowest BCUT2D eigenvalue weighted by molar-refractivity contribution is 0.0457. The summed E-state index contributed by atoms with van der Waals surface area (Å²) < 4.78 is 47.2. The van der Waals surface area contributed by atoms with Gasteiger partial charge in [0, 0.05) is 12.2 Å². The summed E-state index contributed by atoms with van der Waals surface area (Å²) >= 11 is 0. The first-order valence-corrected chi connectivity index (χ1v) is 7.88. The zero-order valence-corrected chi connectivity index (χ0v) is 12.3. The fraction of sp³-hybridized carbons (Fsp3) is 0.538. The quantitative estimate of drug-likeness (QED) is 0.813. The fourth-order valence-electron chi connectivity index (χ4n) is 1.63. The van der Waals surface area contributed by atoms with Crippen molar-refractivity contribution in [3.8, 4) is 0 Å². The van der Waals surface area contributed by atoms with E-state index in [4.69, 9.17) is 0 Å². The summed E-state index contributed by atoms with van der Waals surface area (Å²) in [5.41, 5.74) is -0.271. The molecule has 0 aliphatic carbocycles. The van der Waals surface area contributed by atoms with E-state index in [0.717, 1.165) is 12.1 Å². The Morgan fingerprint density at radius 2 is 1.70 bits per heavy atom. The molecule has 114 valence electrons. The minimum Gasteiger partial charge on any atom is -0.388 e. The Balaban J connectivity index is 2.78. The molecular weight excluding hydrogens is 288 g/mol. The summed E-state index contributed by atoms with van der Waals surface area (Å²) in [7, 11) is -4.56. The predicted octanol–water partition coefficient (Wildman–Crippen LogP) is 2.65. The lowest BCUT2D eigenvalue weighted by atomic mass is 9.97. The van der Waals surface area contributed by atoms with Gasteiger partial charge in [-0.2, -0.15) is 8.78 Å². The Morgan fingerprint density at radius 1 is 1.20 bits per heavy atom. The number of hydrogen-bond donors (Lipinski definition) is 2. The molecule has 4 nitrogen and oxygen atoms in total. The monoisotopic (exact) mass is 307 g/mol. The zero-order valence-electron chi connectivity index (χ0n) is 11.4. The molecule has 0 atom stereocenters. The second-order valence-corrected chi connectivity index (χ2v) is 6.53. The SMILES string of the molecule is CCC(O)(CC)CNc1ccc(S(=O)(=O)C(F)F)cc1. The molecule has 1 rings (SSSR count). The van der Waals surface area contributed by atoms with E-state index < -0.39 is 26.1 Å². The van der Waals surface area contributed by atoms with E-state index in [1.165, 1.54) is 12.1 Å². The number of anilines is 1. The van der Waals surface area contributed by atoms with Crippen molar-refractivity contribution in [2.75, 3.05) is 11.9 Å². The number of hydrogen-bond acceptors (Lipinski definition) is 4. The molecule has 20 heavy (non-hydrogen) atoms. The van der Waals surface area contributed by atoms with Gasteiger partial charge in [0.1, 0.15) is 0 Å². The average Bonchev–Trinajstić information content (AvgIpc) is 2.45. The predicted molar refractivity (Wildman–Crippen MR) is 73.7 cm³/mol. The maximum absolute atomic E-state index is 12.4. The molecule has 0 heterocycles. The topological polar surface area (TPSA) is 66.4 Å². The number of benzene rings is 1. The van der Waals surface area contributed by atoms with Gasteiger partial charge >= 0.3 is 5.76 Å². The van der Waals surface area contributed by atoms with Gasteiger partial charge in [0.2, 0.25) is 9.84 Å². The van der Waals surface area contributed by atoms with Crippen molar-refractivity contribution in [3.63, 3.8) is 0 Å². The standard InChI is InChI=1S/C13H19F2NO3S/c1-3-13(17,4-2)9-16-10-5-7-11(8-6-10)20(18,19)12(14)15/h5-8,12,16-17H,3-4,9H2,1-2H3. The largest absolute Gasteiger partial charge is 0.388 e. The van der Waals surface area contributed by atoms with Gasteiger partial charge in [-0.15, -0.1) is 0 Å². The number of rotatable bonds is 7. The van der Waals surface area contributed by atoms with Crippen LogP contribution in [0.15, 0.2) is 29.2 Å². The third kappa shape index (κ3) is 3.89. The molecule has 0 bridgehead atoms. The van der Waals surface area contributed by atoms with Gasteiger partial charge in [-0.05, 0) is 37.1 Å². The highest BCUT2D eigenvalue weighted by Gasteiger charge is 2.26. The highest BCUT2D eigenvalue weighted by Crippen LogP contribution is 2.21. The highest BCUT2D eigenvalue weighted by atomic mass is 32.2. The Morgan fingerprint density at radius 3 is 2.10 bits per heavy atom. The molecule has 0 aliphatic rings. The van der Waals surface area contributed by atoms with E-state index in [0.29, 0.717) is 25.1 Å². The van der Waals surface area contributed by atoms with Gasteiger partial charge in [0.15, 0.2) is 0 Å². The summed E-state index contributed by atoms with van der Waals surface area (Å²) in [5, 5.41) is 13.1. The molecule has 0 aromatic heterocycles. The molecule has 0 fully saturated rings. The van der Waals surface area contributed by atoms with Crippen molar-refractivity contribution >= 4 is 15.5 Å². The van der Waals surface area contributed by atoms with Crippen LogP contribution in [0.25, 0.3) is 0 Å². The van der Waals surface area contributed by atoms with Crippen molar-refractivity contribution in [1.82, 2.24) is 0 Å². The molecule has 1 aromatic rings. The van der Waals surface area contributed by atoms with E-state index >= 15 is 0 Å². The number of alkyl halides is 2. The van der Waals surface area contributed by atoms with E-state index in [9.17, 15) is 22.3 Å². The molecule has 0 saturated heterocycles. The third-order valence-corrected chi connectivity index (χ3v) is 4.75. The van der Waals surface area contributed by atoms with Gasteiger partial charge in [0.05, 0.1) is 10.5 Å². The van der Waals surface area contributed by atoms with Crippen LogP contribution in [-0.4, -0.2) is 31.4 Å². The van der Waals surface area contributed by atoms with Crippen LogP contribution in [0.2, 0.25) is 0 Å². The van der Waals surface area contributed by atoms with E-state index in [1.807, 2.05) is 13.8 Å². The molecule has 2 N–H and O–H groups in total. The summed E-state index contributed by atoms with van der Waals surface area (Å²) in [6.07, 6.45) is 1.16. The molecule has 1 aromatic carbocycles. The van der Waals surface area contributed by atoms with Crippen LogP contribution in [0.1, 0.15) is 26.7 Å². The van der Waals surface area contributed by atoms with Crippen LogP contribution in [0.3, 0.4) is 0 Å². The average molecular weight is 307 g/mol. The molecule has 0 saturated carbocycles. The van der Waals surface area contributed by atoms with Gasteiger partial charge in [-0.1, -0.05) is 13.8 Å². The Hall–Kier alpha value is -1.21. The first-order valence-electron chi connectivity index (χ1n) is 6.33. The van der Waals surface area contributed by atoms with Gasteiger partial charge < -0.3 is 10.4 Å². The molecule has 0 radical (unpaired) electrons. The zero-order chi connectivity index (χ0) is 15.4. The normalized spacial score (nSPS) is 12.7. The maximum Gasteiger partial charge on any atom is 0.341 e. The minimum atomic E-state index is -4.56. The Kier molecular flexibility index (Phi) is 5.47. The van der Waals surface area contributed by atoms with Crippen LogP contribution in [-0.2, 0) is 9.84 Å². The van der Waals surface area contributed by atoms with E-state index in [-0.39, 0.29) is 0 Å². The maximum atomic E-state index is 12.4. The molecule has 0 unspecified atom stereocenters. The first-order chi connectivity index (χ1) is 9.25. The summed E-state index contributed by atoms with van der Waals surface area (Å²) in [6.45, 7) is 4.04. The second-order valence-electron chi connectivity index (χ2n) is 4.62. The van der Waals surface area contributed by atoms with Gasteiger partial charge in [-0.25, -0.2) is 8.42 Å². The number of sulfone groups is 1. The van der Waals surface area contributed by atoms with Crippen molar-refractivity contribution in [2.45, 2.75) is 42.9 Å². The minimum absolute atomic E-state index is 0.306. The number of halogens is 2. The molecule has 0 amide bonds. The van der Waals surface area contributed by atoms with Gasteiger partial charge in [0.25, 0.3) is 0 Å². The van der Waals surface area contributed by atoms with Crippen LogP contribution in [0, 0.1) is 0 Å². The Labute approximate surface area is 117 Å².